The van der Waals surface area contributed by atoms with Crippen LogP contribution in [0.15, 0.2) is 59.1 Å². The number of anilines is 1. The van der Waals surface area contributed by atoms with Crippen molar-refractivity contribution in [1.82, 2.24) is 4.98 Å². The molecule has 0 saturated heterocycles. The molecular weight excluding hydrogens is 432 g/mol. The van der Waals surface area contributed by atoms with E-state index >= 15 is 0 Å². The second kappa shape index (κ2) is 10.5. The van der Waals surface area contributed by atoms with Crippen molar-refractivity contribution in [2.45, 2.75) is 53.6 Å². The summed E-state index contributed by atoms with van der Waals surface area (Å²) in [6.07, 6.45) is 1.01. The third-order valence-corrected chi connectivity index (χ3v) is 5.22. The van der Waals surface area contributed by atoms with Gasteiger partial charge in [-0.25, -0.2) is 4.98 Å². The molecule has 0 aliphatic rings. The number of carbonyl (C=O) groups excluding carboxylic acids is 3. The predicted molar refractivity (Wildman–Crippen MR) is 129 cm³/mol. The van der Waals surface area contributed by atoms with E-state index in [1.165, 1.54) is 6.92 Å². The van der Waals surface area contributed by atoms with Crippen LogP contribution in [0, 0.1) is 12.3 Å². The molecule has 7 nitrogen and oxygen atoms in total. The van der Waals surface area contributed by atoms with Crippen molar-refractivity contribution in [3.05, 3.63) is 71.7 Å². The Bertz CT molecular complexity index is 1150. The van der Waals surface area contributed by atoms with Crippen LogP contribution in [0.5, 0.6) is 0 Å². The number of aryl methyl sites for hydroxylation is 2. The van der Waals surface area contributed by atoms with Gasteiger partial charge in [0.2, 0.25) is 11.7 Å². The summed E-state index contributed by atoms with van der Waals surface area (Å²) in [6.45, 7) is 9.01. The van der Waals surface area contributed by atoms with Crippen LogP contribution >= 0.6 is 0 Å². The third-order valence-electron chi connectivity index (χ3n) is 5.22. The van der Waals surface area contributed by atoms with Gasteiger partial charge in [-0.1, -0.05) is 50.6 Å². The molecule has 0 radical (unpaired) electrons. The standard InChI is InChI=1S/C27H30N2O5/c1-17-6-8-19(9-7-17)22-16-28-23(34-22)14-15-24(30)33-18(2)25(31)20-10-12-21(13-11-20)29-26(32)27(3,4)5/h6-13,16,18H,14-15H2,1-5H3,(H,29,32). The van der Waals surface area contributed by atoms with Crippen LogP contribution in [0.2, 0.25) is 0 Å². The zero-order valence-electron chi connectivity index (χ0n) is 20.2. The fourth-order valence-corrected chi connectivity index (χ4v) is 3.07. The highest BCUT2D eigenvalue weighted by atomic mass is 16.5. The van der Waals surface area contributed by atoms with Crippen LogP contribution < -0.4 is 5.32 Å². The number of benzene rings is 2. The van der Waals surface area contributed by atoms with Crippen molar-refractivity contribution in [1.29, 1.82) is 0 Å². The topological polar surface area (TPSA) is 98.5 Å². The largest absolute Gasteiger partial charge is 0.454 e. The van der Waals surface area contributed by atoms with Crippen LogP contribution in [-0.2, 0) is 20.7 Å². The highest BCUT2D eigenvalue weighted by Gasteiger charge is 2.22. The number of hydrogen-bond donors (Lipinski definition) is 1. The van der Waals surface area contributed by atoms with E-state index in [2.05, 4.69) is 10.3 Å². The minimum absolute atomic E-state index is 0.0449. The molecule has 0 fully saturated rings. The Morgan fingerprint density at radius 2 is 1.68 bits per heavy atom. The zero-order valence-corrected chi connectivity index (χ0v) is 20.2. The van der Waals surface area contributed by atoms with Gasteiger partial charge in [-0.15, -0.1) is 0 Å². The van der Waals surface area contributed by atoms with E-state index in [-0.39, 0.29) is 24.5 Å². The lowest BCUT2D eigenvalue weighted by molar-refractivity contribution is -0.146. The molecule has 1 heterocycles. The molecule has 1 N–H and O–H groups in total. The number of nitrogens with zero attached hydrogens (tertiary/aromatic N) is 1. The minimum atomic E-state index is -0.935. The molecule has 0 aliphatic heterocycles. The van der Waals surface area contributed by atoms with Crippen molar-refractivity contribution < 1.29 is 23.5 Å². The zero-order chi connectivity index (χ0) is 24.9. The summed E-state index contributed by atoms with van der Waals surface area (Å²) in [4.78, 5) is 41.2. The van der Waals surface area contributed by atoms with Gasteiger partial charge in [0.05, 0.1) is 12.6 Å². The summed E-state index contributed by atoms with van der Waals surface area (Å²) in [6, 6.07) is 14.4. The molecule has 0 spiro atoms. The Balaban J connectivity index is 1.50. The SMILES string of the molecule is Cc1ccc(-c2cnc(CCC(=O)OC(C)C(=O)c3ccc(NC(=O)C(C)(C)C)cc3)o2)cc1. The Morgan fingerprint density at radius 1 is 1.03 bits per heavy atom. The molecular formula is C27H30N2O5. The van der Waals surface area contributed by atoms with E-state index in [4.69, 9.17) is 9.15 Å². The highest BCUT2D eigenvalue weighted by molar-refractivity contribution is 6.01. The molecule has 0 saturated carbocycles. The summed E-state index contributed by atoms with van der Waals surface area (Å²) in [7, 11) is 0. The Kier molecular flexibility index (Phi) is 7.66. The number of rotatable bonds is 8. The molecule has 3 aromatic rings. The predicted octanol–water partition coefficient (Wildman–Crippen LogP) is 5.38. The van der Waals surface area contributed by atoms with E-state index in [0.717, 1.165) is 11.1 Å². The smallest absolute Gasteiger partial charge is 0.307 e. The third kappa shape index (κ3) is 6.63. The van der Waals surface area contributed by atoms with Crippen LogP contribution in [0.1, 0.15) is 55.9 Å². The quantitative estimate of drug-likeness (QED) is 0.356. The number of esters is 1. The summed E-state index contributed by atoms with van der Waals surface area (Å²) in [5.74, 6) is 0.115. The molecule has 0 bridgehead atoms. The number of aromatic nitrogens is 1. The first-order chi connectivity index (χ1) is 16.0. The number of oxazole rings is 1. The number of ether oxygens (including phenoxy) is 1. The van der Waals surface area contributed by atoms with Crippen molar-refractivity contribution in [3.63, 3.8) is 0 Å². The van der Waals surface area contributed by atoms with E-state index in [1.54, 1.807) is 30.5 Å². The molecule has 34 heavy (non-hydrogen) atoms. The fraction of sp³-hybridized carbons (Fsp3) is 0.333. The molecule has 2 aromatic carbocycles. The highest BCUT2D eigenvalue weighted by Crippen LogP contribution is 2.22. The van der Waals surface area contributed by atoms with Gasteiger partial charge in [0, 0.05) is 28.7 Å². The number of nitrogens with one attached hydrogen (secondary N) is 1. The molecule has 0 aliphatic carbocycles. The van der Waals surface area contributed by atoms with Crippen LogP contribution in [0.25, 0.3) is 11.3 Å². The average molecular weight is 463 g/mol. The number of hydrogen-bond acceptors (Lipinski definition) is 6. The normalized spacial score (nSPS) is 12.1. The summed E-state index contributed by atoms with van der Waals surface area (Å²) in [5, 5.41) is 2.81. The summed E-state index contributed by atoms with van der Waals surface area (Å²) >= 11 is 0. The van der Waals surface area contributed by atoms with Gasteiger partial charge in [0.25, 0.3) is 0 Å². The average Bonchev–Trinajstić information content (AvgIpc) is 3.26. The second-order valence-corrected chi connectivity index (χ2v) is 9.26. The fourth-order valence-electron chi connectivity index (χ4n) is 3.07. The molecule has 1 unspecified atom stereocenters. The Hall–Kier alpha value is -3.74. The van der Waals surface area contributed by atoms with Crippen molar-refractivity contribution in [2.24, 2.45) is 5.41 Å². The Morgan fingerprint density at radius 3 is 2.29 bits per heavy atom. The summed E-state index contributed by atoms with van der Waals surface area (Å²) in [5.41, 5.74) is 2.53. The lowest BCUT2D eigenvalue weighted by Crippen LogP contribution is -2.27. The molecule has 1 atom stereocenters. The van der Waals surface area contributed by atoms with Crippen LogP contribution in [0.4, 0.5) is 5.69 Å². The first-order valence-electron chi connectivity index (χ1n) is 11.2. The van der Waals surface area contributed by atoms with Gasteiger partial charge in [-0.3, -0.25) is 14.4 Å². The van der Waals surface area contributed by atoms with Crippen LogP contribution in [0.3, 0.4) is 0 Å². The Labute approximate surface area is 199 Å². The van der Waals surface area contributed by atoms with Gasteiger partial charge in [0.1, 0.15) is 0 Å². The molecule has 7 heteroatoms. The lowest BCUT2D eigenvalue weighted by Gasteiger charge is -2.18. The number of amides is 1. The van der Waals surface area contributed by atoms with Crippen molar-refractivity contribution >= 4 is 23.3 Å². The molecule has 1 aromatic heterocycles. The minimum Gasteiger partial charge on any atom is -0.454 e. The first-order valence-corrected chi connectivity index (χ1v) is 11.2. The van der Waals surface area contributed by atoms with E-state index in [9.17, 15) is 14.4 Å². The first kappa shape index (κ1) is 24.9. The molecule has 178 valence electrons. The summed E-state index contributed by atoms with van der Waals surface area (Å²) < 4.78 is 11.0. The maximum Gasteiger partial charge on any atom is 0.307 e. The maximum absolute atomic E-state index is 12.6. The van der Waals surface area contributed by atoms with Crippen molar-refractivity contribution in [2.75, 3.05) is 5.32 Å². The van der Waals surface area contributed by atoms with E-state index in [1.807, 2.05) is 52.0 Å². The van der Waals surface area contributed by atoms with Gasteiger partial charge < -0.3 is 14.5 Å². The van der Waals surface area contributed by atoms with Gasteiger partial charge >= 0.3 is 5.97 Å². The molecule has 3 rings (SSSR count). The molecule has 1 amide bonds. The van der Waals surface area contributed by atoms with Gasteiger partial charge in [-0.05, 0) is 38.1 Å². The number of ketones is 1. The van der Waals surface area contributed by atoms with Gasteiger partial charge in [0.15, 0.2) is 17.8 Å². The van der Waals surface area contributed by atoms with Crippen molar-refractivity contribution in [3.8, 4) is 11.3 Å². The maximum atomic E-state index is 12.6. The van der Waals surface area contributed by atoms with E-state index in [0.29, 0.717) is 22.9 Å². The number of Topliss-reactive ketones (excluding diaryl/α,β-unsaturated/α-hetero) is 1. The number of carbonyl (C=O) groups is 3. The lowest BCUT2D eigenvalue weighted by atomic mass is 9.95. The van der Waals surface area contributed by atoms with E-state index < -0.39 is 17.5 Å². The van der Waals surface area contributed by atoms with Gasteiger partial charge in [-0.2, -0.15) is 0 Å². The monoisotopic (exact) mass is 462 g/mol. The second-order valence-electron chi connectivity index (χ2n) is 9.26. The van der Waals surface area contributed by atoms with Crippen LogP contribution in [-0.4, -0.2) is 28.7 Å².